The van der Waals surface area contributed by atoms with Crippen LogP contribution in [0.5, 0.6) is 0 Å². The van der Waals surface area contributed by atoms with E-state index in [-0.39, 0.29) is 12.2 Å². The van der Waals surface area contributed by atoms with E-state index >= 15 is 0 Å². The highest BCUT2D eigenvalue weighted by atomic mass is 16.6. The highest BCUT2D eigenvalue weighted by molar-refractivity contribution is 6.15. The lowest BCUT2D eigenvalue weighted by Crippen LogP contribution is -2.11. The van der Waals surface area contributed by atoms with Crippen molar-refractivity contribution in [2.24, 2.45) is 0 Å². The quantitative estimate of drug-likeness (QED) is 0.397. The number of rotatable bonds is 1. The Balaban J connectivity index is 2.92. The lowest BCUT2D eigenvalue weighted by atomic mass is 10.2. The fraction of sp³-hybridized carbons (Fsp3) is 0.429. The van der Waals surface area contributed by atoms with E-state index in [1.165, 1.54) is 7.11 Å². The molecule has 60 valence electrons. The first kappa shape index (κ1) is 7.78. The van der Waals surface area contributed by atoms with E-state index in [0.717, 1.165) is 0 Å². The van der Waals surface area contributed by atoms with E-state index in [1.54, 1.807) is 6.92 Å². The molecule has 0 N–H and O–H groups in total. The number of esters is 2. The molecule has 4 nitrogen and oxygen atoms in total. The molecule has 0 unspecified atom stereocenters. The molecule has 1 aliphatic rings. The van der Waals surface area contributed by atoms with Gasteiger partial charge >= 0.3 is 11.9 Å². The zero-order valence-corrected chi connectivity index (χ0v) is 6.34. The molecule has 11 heavy (non-hydrogen) atoms. The van der Waals surface area contributed by atoms with E-state index in [0.29, 0.717) is 5.57 Å². The fourth-order valence-electron chi connectivity index (χ4n) is 0.852. The van der Waals surface area contributed by atoms with Crippen LogP contribution >= 0.6 is 0 Å². The van der Waals surface area contributed by atoms with E-state index in [9.17, 15) is 9.59 Å². The van der Waals surface area contributed by atoms with Gasteiger partial charge in [0, 0.05) is 0 Å². The van der Waals surface area contributed by atoms with Crippen LogP contribution in [0.15, 0.2) is 11.1 Å². The highest BCUT2D eigenvalue weighted by Gasteiger charge is 2.28. The van der Waals surface area contributed by atoms with Crippen molar-refractivity contribution in [2.75, 3.05) is 13.7 Å². The first-order chi connectivity index (χ1) is 5.16. The molecule has 0 aliphatic carbocycles. The number of ether oxygens (including phenoxy) is 2. The Hall–Kier alpha value is -1.32. The van der Waals surface area contributed by atoms with Gasteiger partial charge in [0.25, 0.3) is 0 Å². The van der Waals surface area contributed by atoms with Crippen LogP contribution in [0.1, 0.15) is 6.92 Å². The summed E-state index contributed by atoms with van der Waals surface area (Å²) in [5, 5.41) is 0. The number of hydrogen-bond donors (Lipinski definition) is 0. The third-order valence-electron chi connectivity index (χ3n) is 1.44. The molecule has 0 fully saturated rings. The molecular formula is C7H8O4. The molecule has 0 radical (unpaired) electrons. The normalized spacial score (nSPS) is 16.7. The van der Waals surface area contributed by atoms with E-state index in [1.807, 2.05) is 0 Å². The Morgan fingerprint density at radius 3 is 2.64 bits per heavy atom. The smallest absolute Gasteiger partial charge is 0.345 e. The Morgan fingerprint density at radius 2 is 2.27 bits per heavy atom. The van der Waals surface area contributed by atoms with Gasteiger partial charge in [0.15, 0.2) is 0 Å². The van der Waals surface area contributed by atoms with Crippen LogP contribution in [0.25, 0.3) is 0 Å². The molecule has 0 atom stereocenters. The fourth-order valence-corrected chi connectivity index (χ4v) is 0.852. The minimum absolute atomic E-state index is 0.0347. The predicted octanol–water partition coefficient (Wildman–Crippen LogP) is 0.0327. The molecule has 0 saturated carbocycles. The molecule has 1 heterocycles. The van der Waals surface area contributed by atoms with Crippen LogP contribution < -0.4 is 0 Å². The van der Waals surface area contributed by atoms with Gasteiger partial charge < -0.3 is 9.47 Å². The van der Waals surface area contributed by atoms with Crippen LogP contribution in [0.2, 0.25) is 0 Å². The summed E-state index contributed by atoms with van der Waals surface area (Å²) in [5.41, 5.74) is 0.661. The molecule has 0 saturated heterocycles. The van der Waals surface area contributed by atoms with Crippen LogP contribution in [-0.2, 0) is 19.1 Å². The van der Waals surface area contributed by atoms with Gasteiger partial charge in [-0.2, -0.15) is 0 Å². The van der Waals surface area contributed by atoms with Gasteiger partial charge in [-0.3, -0.25) is 0 Å². The maximum Gasteiger partial charge on any atom is 0.345 e. The van der Waals surface area contributed by atoms with Crippen LogP contribution in [0.3, 0.4) is 0 Å². The molecular weight excluding hydrogens is 148 g/mol. The molecule has 0 bridgehead atoms. The maximum absolute atomic E-state index is 10.9. The monoisotopic (exact) mass is 156 g/mol. The summed E-state index contributed by atoms with van der Waals surface area (Å²) in [7, 11) is 1.23. The van der Waals surface area contributed by atoms with Crippen molar-refractivity contribution >= 4 is 11.9 Å². The number of methoxy groups -OCH3 is 1. The average Bonchev–Trinajstić information content (AvgIpc) is 2.30. The molecule has 1 aliphatic heterocycles. The van der Waals surface area contributed by atoms with Crippen molar-refractivity contribution in [2.45, 2.75) is 6.92 Å². The minimum Gasteiger partial charge on any atom is -0.465 e. The van der Waals surface area contributed by atoms with Crippen molar-refractivity contribution in [1.29, 1.82) is 0 Å². The second-order valence-electron chi connectivity index (χ2n) is 2.22. The summed E-state index contributed by atoms with van der Waals surface area (Å²) in [6.45, 7) is 1.86. The first-order valence-corrected chi connectivity index (χ1v) is 3.12. The van der Waals surface area contributed by atoms with Gasteiger partial charge in [-0.05, 0) is 12.5 Å². The zero-order valence-electron chi connectivity index (χ0n) is 6.34. The standard InChI is InChI=1S/C7H8O4/c1-4-3-11-7(9)5(4)6(8)10-2/h3H2,1-2H3. The third-order valence-corrected chi connectivity index (χ3v) is 1.44. The molecule has 1 rings (SSSR count). The Bertz CT molecular complexity index is 239. The van der Waals surface area contributed by atoms with E-state index in [2.05, 4.69) is 9.47 Å². The molecule has 0 amide bonds. The average molecular weight is 156 g/mol. The summed E-state index contributed by atoms with van der Waals surface area (Å²) in [5.74, 6) is -1.21. The first-order valence-electron chi connectivity index (χ1n) is 3.12. The molecule has 0 aromatic rings. The largest absolute Gasteiger partial charge is 0.465 e. The second kappa shape index (κ2) is 2.74. The summed E-state index contributed by atoms with van der Waals surface area (Å²) in [6.07, 6.45) is 0. The Labute approximate surface area is 63.8 Å². The molecule has 0 aromatic heterocycles. The summed E-state index contributed by atoms with van der Waals surface area (Å²) in [6, 6.07) is 0. The lowest BCUT2D eigenvalue weighted by molar-refractivity contribution is -0.143. The number of carbonyl (C=O) groups is 2. The van der Waals surface area contributed by atoms with E-state index in [4.69, 9.17) is 0 Å². The Morgan fingerprint density at radius 1 is 1.64 bits per heavy atom. The highest BCUT2D eigenvalue weighted by Crippen LogP contribution is 2.15. The van der Waals surface area contributed by atoms with Gasteiger partial charge in [0.2, 0.25) is 0 Å². The molecule has 0 spiro atoms. The molecule has 4 heteroatoms. The van der Waals surface area contributed by atoms with Crippen LogP contribution in [0.4, 0.5) is 0 Å². The van der Waals surface area contributed by atoms with Gasteiger partial charge in [0.05, 0.1) is 7.11 Å². The van der Waals surface area contributed by atoms with Crippen LogP contribution in [0, 0.1) is 0 Å². The van der Waals surface area contributed by atoms with Crippen LogP contribution in [-0.4, -0.2) is 25.7 Å². The number of carbonyl (C=O) groups excluding carboxylic acids is 2. The maximum atomic E-state index is 10.9. The minimum atomic E-state index is -0.620. The summed E-state index contributed by atoms with van der Waals surface area (Å²) < 4.78 is 8.96. The summed E-state index contributed by atoms with van der Waals surface area (Å²) >= 11 is 0. The number of cyclic esters (lactones) is 1. The molecule has 0 aromatic carbocycles. The lowest BCUT2D eigenvalue weighted by Gasteiger charge is -1.95. The number of hydrogen-bond acceptors (Lipinski definition) is 4. The SMILES string of the molecule is COC(=O)C1=C(C)COC1=O. The Kier molecular flexibility index (Phi) is 1.94. The van der Waals surface area contributed by atoms with Crippen molar-refractivity contribution in [3.05, 3.63) is 11.1 Å². The topological polar surface area (TPSA) is 52.6 Å². The summed E-state index contributed by atoms with van der Waals surface area (Å²) in [4.78, 5) is 21.7. The van der Waals surface area contributed by atoms with Gasteiger partial charge in [-0.1, -0.05) is 0 Å². The predicted molar refractivity (Wildman–Crippen MR) is 35.7 cm³/mol. The zero-order chi connectivity index (χ0) is 8.43. The van der Waals surface area contributed by atoms with Gasteiger partial charge in [0.1, 0.15) is 12.2 Å². The van der Waals surface area contributed by atoms with E-state index < -0.39 is 11.9 Å². The van der Waals surface area contributed by atoms with Gasteiger partial charge in [-0.15, -0.1) is 0 Å². The second-order valence-corrected chi connectivity index (χ2v) is 2.22. The van der Waals surface area contributed by atoms with Crippen molar-refractivity contribution in [1.82, 2.24) is 0 Å². The van der Waals surface area contributed by atoms with Gasteiger partial charge in [-0.25, -0.2) is 9.59 Å². The third kappa shape index (κ3) is 1.24. The van der Waals surface area contributed by atoms with Crippen molar-refractivity contribution in [3.63, 3.8) is 0 Å². The van der Waals surface area contributed by atoms with Crippen molar-refractivity contribution in [3.8, 4) is 0 Å². The van der Waals surface area contributed by atoms with Crippen molar-refractivity contribution < 1.29 is 19.1 Å².